The Hall–Kier alpha value is -1.70. The molecule has 2 aliphatic rings. The lowest BCUT2D eigenvalue weighted by Crippen LogP contribution is -2.40. The van der Waals surface area contributed by atoms with Gasteiger partial charge in [-0.1, -0.05) is 24.3 Å². The highest BCUT2D eigenvalue weighted by molar-refractivity contribution is 6.01. The molecule has 0 saturated carbocycles. The fourth-order valence-corrected chi connectivity index (χ4v) is 2.99. The van der Waals surface area contributed by atoms with E-state index in [0.29, 0.717) is 0 Å². The van der Waals surface area contributed by atoms with Gasteiger partial charge in [0.05, 0.1) is 0 Å². The summed E-state index contributed by atoms with van der Waals surface area (Å²) < 4.78 is 0. The lowest BCUT2D eigenvalue weighted by atomic mass is 9.66. The molecule has 0 fully saturated rings. The van der Waals surface area contributed by atoms with Crippen LogP contribution >= 0.6 is 0 Å². The molecule has 0 heterocycles. The van der Waals surface area contributed by atoms with Crippen molar-refractivity contribution in [3.8, 4) is 0 Å². The van der Waals surface area contributed by atoms with E-state index in [0.717, 1.165) is 12.8 Å². The second-order valence-electron chi connectivity index (χ2n) is 4.93. The zero-order valence-corrected chi connectivity index (χ0v) is 10.4. The first-order valence-corrected chi connectivity index (χ1v) is 6.35. The highest BCUT2D eigenvalue weighted by atomic mass is 16.1. The molecule has 0 aromatic heterocycles. The first-order valence-electron chi connectivity index (χ1n) is 6.35. The van der Waals surface area contributed by atoms with Crippen LogP contribution in [0.1, 0.15) is 12.8 Å². The minimum Gasteiger partial charge on any atom is -0.295 e. The van der Waals surface area contributed by atoms with Crippen LogP contribution in [0.2, 0.25) is 0 Å². The second-order valence-corrected chi connectivity index (χ2v) is 4.93. The molecule has 0 bridgehead atoms. The van der Waals surface area contributed by atoms with E-state index in [9.17, 15) is 9.59 Å². The normalized spacial score (nSPS) is 35.6. The van der Waals surface area contributed by atoms with Crippen molar-refractivity contribution < 1.29 is 9.59 Å². The summed E-state index contributed by atoms with van der Waals surface area (Å²) in [4.78, 5) is 24.2. The van der Waals surface area contributed by atoms with Crippen LogP contribution in [-0.4, -0.2) is 11.6 Å². The summed E-state index contributed by atoms with van der Waals surface area (Å²) in [6.07, 6.45) is 12.1. The largest absolute Gasteiger partial charge is 0.295 e. The molecule has 2 rings (SSSR count). The Morgan fingerprint density at radius 2 is 1.28 bits per heavy atom. The molecule has 0 aliphatic heterocycles. The lowest BCUT2D eigenvalue weighted by molar-refractivity contribution is -0.130. The van der Waals surface area contributed by atoms with Gasteiger partial charge in [-0.3, -0.25) is 9.59 Å². The number of hydrogen-bond donors (Lipinski definition) is 0. The number of carbonyl (C=O) groups is 2. The van der Waals surface area contributed by atoms with Gasteiger partial charge in [0.25, 0.3) is 0 Å². The molecule has 0 N–H and O–H groups in total. The Morgan fingerprint density at radius 1 is 0.889 bits per heavy atom. The van der Waals surface area contributed by atoms with Gasteiger partial charge in [0.15, 0.2) is 11.6 Å². The van der Waals surface area contributed by atoms with Crippen molar-refractivity contribution in [1.82, 2.24) is 0 Å². The average Bonchev–Trinajstić information content (AvgIpc) is 2.38. The Balaban J connectivity index is 2.37. The molecule has 0 aromatic rings. The maximum Gasteiger partial charge on any atom is 0.159 e. The Bertz CT molecular complexity index is 400. The number of ketones is 2. The summed E-state index contributed by atoms with van der Waals surface area (Å²) in [5.41, 5.74) is 0. The van der Waals surface area contributed by atoms with E-state index in [4.69, 9.17) is 0 Å². The van der Waals surface area contributed by atoms with Crippen molar-refractivity contribution in [1.29, 1.82) is 0 Å². The quantitative estimate of drug-likeness (QED) is 0.713. The highest BCUT2D eigenvalue weighted by Crippen LogP contribution is 2.38. The Labute approximate surface area is 108 Å². The molecule has 0 unspecified atom stereocenters. The summed E-state index contributed by atoms with van der Waals surface area (Å²) in [7, 11) is 0. The molecule has 2 nitrogen and oxygen atoms in total. The van der Waals surface area contributed by atoms with Gasteiger partial charge in [-0.2, -0.15) is 0 Å². The van der Waals surface area contributed by atoms with Gasteiger partial charge in [0.1, 0.15) is 0 Å². The van der Waals surface area contributed by atoms with Crippen LogP contribution in [0.25, 0.3) is 0 Å². The molecular formula is C16H18O2. The van der Waals surface area contributed by atoms with Crippen molar-refractivity contribution in [3.63, 3.8) is 0 Å². The van der Waals surface area contributed by atoms with Crippen LogP contribution < -0.4 is 0 Å². The number of carbonyl (C=O) groups excluding carboxylic acids is 2. The van der Waals surface area contributed by atoms with Crippen LogP contribution in [0.4, 0.5) is 0 Å². The summed E-state index contributed by atoms with van der Waals surface area (Å²) in [6.45, 7) is 7.60. The SMILES string of the molecule is C=C[C@@H]1CC=CC(=O)[C@H]1[C@@H]1C(=O)C=CC[C@H]1C=C. The van der Waals surface area contributed by atoms with Crippen molar-refractivity contribution in [3.05, 3.63) is 49.6 Å². The minimum absolute atomic E-state index is 0.0478. The minimum atomic E-state index is -0.270. The molecule has 4 atom stereocenters. The Kier molecular flexibility index (Phi) is 3.75. The van der Waals surface area contributed by atoms with Crippen molar-refractivity contribution in [2.75, 3.05) is 0 Å². The first-order chi connectivity index (χ1) is 8.69. The molecule has 0 radical (unpaired) electrons. The van der Waals surface area contributed by atoms with Gasteiger partial charge in [0, 0.05) is 11.8 Å². The van der Waals surface area contributed by atoms with Crippen LogP contribution in [0.5, 0.6) is 0 Å². The number of rotatable bonds is 3. The van der Waals surface area contributed by atoms with E-state index in [2.05, 4.69) is 13.2 Å². The highest BCUT2D eigenvalue weighted by Gasteiger charge is 2.41. The topological polar surface area (TPSA) is 34.1 Å². The third-order valence-electron chi connectivity index (χ3n) is 3.95. The molecular weight excluding hydrogens is 224 g/mol. The maximum absolute atomic E-state index is 12.1. The third-order valence-corrected chi connectivity index (χ3v) is 3.95. The fourth-order valence-electron chi connectivity index (χ4n) is 2.99. The first kappa shape index (κ1) is 12.7. The van der Waals surface area contributed by atoms with Crippen molar-refractivity contribution >= 4 is 11.6 Å². The maximum atomic E-state index is 12.1. The average molecular weight is 242 g/mol. The molecule has 0 amide bonds. The number of allylic oxidation sites excluding steroid dienone is 6. The van der Waals surface area contributed by atoms with Crippen molar-refractivity contribution in [2.45, 2.75) is 12.8 Å². The van der Waals surface area contributed by atoms with Crippen LogP contribution in [-0.2, 0) is 9.59 Å². The van der Waals surface area contributed by atoms with E-state index in [1.165, 1.54) is 0 Å². The summed E-state index contributed by atoms with van der Waals surface area (Å²) in [6, 6.07) is 0. The predicted octanol–water partition coefficient (Wildman–Crippen LogP) is 2.88. The summed E-state index contributed by atoms with van der Waals surface area (Å²) in [5.74, 6) is -0.324. The molecule has 2 aliphatic carbocycles. The molecule has 18 heavy (non-hydrogen) atoms. The van der Waals surface area contributed by atoms with Gasteiger partial charge in [0.2, 0.25) is 0 Å². The third kappa shape index (κ3) is 2.15. The predicted molar refractivity (Wildman–Crippen MR) is 71.9 cm³/mol. The molecule has 94 valence electrons. The number of hydrogen-bond acceptors (Lipinski definition) is 2. The molecule has 0 saturated heterocycles. The Morgan fingerprint density at radius 3 is 1.61 bits per heavy atom. The van der Waals surface area contributed by atoms with Gasteiger partial charge in [-0.15, -0.1) is 13.2 Å². The van der Waals surface area contributed by atoms with E-state index < -0.39 is 0 Å². The van der Waals surface area contributed by atoms with E-state index in [-0.39, 0.29) is 35.2 Å². The summed E-state index contributed by atoms with van der Waals surface area (Å²) >= 11 is 0. The fraction of sp³-hybridized carbons (Fsp3) is 0.375. The smallest absolute Gasteiger partial charge is 0.159 e. The van der Waals surface area contributed by atoms with Crippen LogP contribution in [0.3, 0.4) is 0 Å². The van der Waals surface area contributed by atoms with E-state index >= 15 is 0 Å². The van der Waals surface area contributed by atoms with Gasteiger partial charge in [-0.25, -0.2) is 0 Å². The zero-order valence-electron chi connectivity index (χ0n) is 10.4. The van der Waals surface area contributed by atoms with Gasteiger partial charge >= 0.3 is 0 Å². The monoisotopic (exact) mass is 242 g/mol. The summed E-state index contributed by atoms with van der Waals surface area (Å²) in [5, 5.41) is 0. The van der Waals surface area contributed by atoms with E-state index in [1.54, 1.807) is 24.3 Å². The zero-order chi connectivity index (χ0) is 13.1. The molecule has 2 heteroatoms. The van der Waals surface area contributed by atoms with Crippen molar-refractivity contribution in [2.24, 2.45) is 23.7 Å². The van der Waals surface area contributed by atoms with Gasteiger partial charge < -0.3 is 0 Å². The second kappa shape index (κ2) is 5.30. The standard InChI is InChI=1S/C16H18O2/c1-3-11-7-5-9-13(17)15(11)16-12(4-2)8-6-10-14(16)18/h3-6,9-12,15-16H,1-2,7-8H2/t11-,12-,15+,16+/m1/s1. The lowest BCUT2D eigenvalue weighted by Gasteiger charge is -2.35. The van der Waals surface area contributed by atoms with Crippen LogP contribution in [0, 0.1) is 23.7 Å². The van der Waals surface area contributed by atoms with E-state index in [1.807, 2.05) is 12.2 Å². The molecule has 0 aromatic carbocycles. The van der Waals surface area contributed by atoms with Crippen LogP contribution in [0.15, 0.2) is 49.6 Å². The van der Waals surface area contributed by atoms with Gasteiger partial charge in [-0.05, 0) is 36.8 Å². The molecule has 0 spiro atoms.